The van der Waals surface area contributed by atoms with Crippen LogP contribution in [-0.4, -0.2) is 60.9 Å². The van der Waals surface area contributed by atoms with Gasteiger partial charge in [0.2, 0.25) is 11.8 Å². The first-order chi connectivity index (χ1) is 14.2. The van der Waals surface area contributed by atoms with Crippen LogP contribution in [0.3, 0.4) is 0 Å². The molecule has 30 heavy (non-hydrogen) atoms. The van der Waals surface area contributed by atoms with Gasteiger partial charge in [0.15, 0.2) is 0 Å². The number of nitrogens with zero attached hydrogens (tertiary/aromatic N) is 4. The molecule has 0 bridgehead atoms. The summed E-state index contributed by atoms with van der Waals surface area (Å²) in [7, 11) is 0. The van der Waals surface area contributed by atoms with Crippen molar-refractivity contribution in [3.63, 3.8) is 0 Å². The van der Waals surface area contributed by atoms with E-state index >= 15 is 0 Å². The van der Waals surface area contributed by atoms with Crippen LogP contribution in [0.1, 0.15) is 45.6 Å². The normalized spacial score (nSPS) is 19.0. The highest BCUT2D eigenvalue weighted by Crippen LogP contribution is 2.36. The zero-order valence-corrected chi connectivity index (χ0v) is 18.9. The average molecular weight is 431 g/mol. The minimum atomic E-state index is -0.403. The maximum Gasteiger partial charge on any atom is 0.228 e. The number of piperazine rings is 1. The number of halogens is 1. The predicted molar refractivity (Wildman–Crippen MR) is 118 cm³/mol. The Morgan fingerprint density at radius 2 is 1.70 bits per heavy atom. The molecule has 0 N–H and O–H groups in total. The van der Waals surface area contributed by atoms with Gasteiger partial charge >= 0.3 is 0 Å². The number of rotatable bonds is 4. The van der Waals surface area contributed by atoms with E-state index < -0.39 is 5.41 Å². The lowest BCUT2D eigenvalue weighted by Crippen LogP contribution is -2.55. The fourth-order valence-corrected chi connectivity index (χ4v) is 4.52. The molecule has 2 aliphatic heterocycles. The molecular weight excluding hydrogens is 400 g/mol. The third-order valence-electron chi connectivity index (χ3n) is 6.31. The van der Waals surface area contributed by atoms with Gasteiger partial charge in [-0.2, -0.15) is 5.26 Å². The van der Waals surface area contributed by atoms with Crippen molar-refractivity contribution in [1.82, 2.24) is 9.80 Å². The Bertz CT molecular complexity index is 832. The lowest BCUT2D eigenvalue weighted by molar-refractivity contribution is -0.147. The van der Waals surface area contributed by atoms with Crippen molar-refractivity contribution < 1.29 is 9.59 Å². The van der Waals surface area contributed by atoms with Crippen LogP contribution in [0.2, 0.25) is 5.02 Å². The SMILES string of the molecule is CC(C)CC(=O)N1CCN(C(=O)C2(C)CCN(c3ccc(Cl)cc3C#N)CC2)CC1. The van der Waals surface area contributed by atoms with E-state index in [-0.39, 0.29) is 11.8 Å². The van der Waals surface area contributed by atoms with Crippen molar-refractivity contribution >= 4 is 29.1 Å². The number of anilines is 1. The quantitative estimate of drug-likeness (QED) is 0.732. The second kappa shape index (κ2) is 9.26. The first-order valence-electron chi connectivity index (χ1n) is 10.8. The molecule has 3 rings (SSSR count). The van der Waals surface area contributed by atoms with Crippen LogP contribution in [0.5, 0.6) is 0 Å². The molecule has 6 nitrogen and oxygen atoms in total. The molecule has 0 unspecified atom stereocenters. The molecule has 1 aromatic rings. The number of hydrogen-bond acceptors (Lipinski definition) is 4. The van der Waals surface area contributed by atoms with Crippen LogP contribution in [0.15, 0.2) is 18.2 Å². The van der Waals surface area contributed by atoms with Crippen molar-refractivity contribution in [3.8, 4) is 6.07 Å². The monoisotopic (exact) mass is 430 g/mol. The van der Waals surface area contributed by atoms with Gasteiger partial charge in [-0.05, 0) is 37.0 Å². The highest BCUT2D eigenvalue weighted by Gasteiger charge is 2.40. The van der Waals surface area contributed by atoms with Crippen LogP contribution in [-0.2, 0) is 9.59 Å². The third-order valence-corrected chi connectivity index (χ3v) is 6.54. The molecule has 0 atom stereocenters. The molecule has 7 heteroatoms. The molecule has 162 valence electrons. The number of carbonyl (C=O) groups excluding carboxylic acids is 2. The number of carbonyl (C=O) groups is 2. The maximum absolute atomic E-state index is 13.3. The van der Waals surface area contributed by atoms with Crippen molar-refractivity contribution in [2.75, 3.05) is 44.2 Å². The number of nitriles is 1. The summed E-state index contributed by atoms with van der Waals surface area (Å²) < 4.78 is 0. The van der Waals surface area contributed by atoms with Crippen molar-refractivity contribution in [1.29, 1.82) is 5.26 Å². The van der Waals surface area contributed by atoms with Gasteiger partial charge in [-0.15, -0.1) is 0 Å². The molecule has 2 heterocycles. The molecule has 0 aromatic heterocycles. The highest BCUT2D eigenvalue weighted by molar-refractivity contribution is 6.30. The average Bonchev–Trinajstić information content (AvgIpc) is 2.73. The van der Waals surface area contributed by atoms with Crippen molar-refractivity contribution in [2.45, 2.75) is 40.0 Å². The number of benzene rings is 1. The molecule has 1 aromatic carbocycles. The van der Waals surface area contributed by atoms with Crippen molar-refractivity contribution in [3.05, 3.63) is 28.8 Å². The standard InChI is InChI=1S/C23H31ClN4O2/c1-17(2)14-21(29)27-10-12-28(13-11-27)22(30)23(3)6-8-26(9-7-23)20-5-4-19(24)15-18(20)16-25/h4-5,15,17H,6-14H2,1-3H3. The van der Waals surface area contributed by atoms with Gasteiger partial charge in [-0.3, -0.25) is 9.59 Å². The Labute approximate surface area is 184 Å². The van der Waals surface area contributed by atoms with Crippen LogP contribution in [0.4, 0.5) is 5.69 Å². The molecule has 0 aliphatic carbocycles. The van der Waals surface area contributed by atoms with Gasteiger partial charge < -0.3 is 14.7 Å². The summed E-state index contributed by atoms with van der Waals surface area (Å²) in [5, 5.41) is 9.97. The summed E-state index contributed by atoms with van der Waals surface area (Å²) >= 11 is 6.02. The Balaban J connectivity index is 1.57. The summed E-state index contributed by atoms with van der Waals surface area (Å²) in [6.07, 6.45) is 2.05. The number of amides is 2. The first kappa shape index (κ1) is 22.4. The summed E-state index contributed by atoms with van der Waals surface area (Å²) in [5.41, 5.74) is 1.05. The van der Waals surface area contributed by atoms with Gasteiger partial charge in [0.25, 0.3) is 0 Å². The van der Waals surface area contributed by atoms with Gasteiger partial charge in [0.1, 0.15) is 6.07 Å². The smallest absolute Gasteiger partial charge is 0.228 e. The largest absolute Gasteiger partial charge is 0.370 e. The Morgan fingerprint density at radius 1 is 1.10 bits per heavy atom. The minimum absolute atomic E-state index is 0.188. The second-order valence-corrected chi connectivity index (χ2v) is 9.53. The van der Waals surface area contributed by atoms with Gasteiger partial charge in [-0.1, -0.05) is 32.4 Å². The van der Waals surface area contributed by atoms with E-state index in [1.807, 2.05) is 15.9 Å². The lowest BCUT2D eigenvalue weighted by atomic mass is 9.78. The molecule has 0 spiro atoms. The first-order valence-corrected chi connectivity index (χ1v) is 11.1. The molecule has 0 saturated carbocycles. The van der Waals surface area contributed by atoms with Crippen molar-refractivity contribution in [2.24, 2.45) is 11.3 Å². The summed E-state index contributed by atoms with van der Waals surface area (Å²) in [5.74, 6) is 0.728. The van der Waals surface area contributed by atoms with E-state index in [4.69, 9.17) is 11.6 Å². The lowest BCUT2D eigenvalue weighted by Gasteiger charge is -2.44. The summed E-state index contributed by atoms with van der Waals surface area (Å²) in [6.45, 7) is 10.1. The number of hydrogen-bond donors (Lipinski definition) is 0. The van der Waals surface area contributed by atoms with Gasteiger partial charge in [-0.25, -0.2) is 0 Å². The fraction of sp³-hybridized carbons (Fsp3) is 0.609. The maximum atomic E-state index is 13.3. The molecule has 2 aliphatic rings. The van der Waals surface area contributed by atoms with Gasteiger partial charge in [0, 0.05) is 56.1 Å². The van der Waals surface area contributed by atoms with E-state index in [1.54, 1.807) is 12.1 Å². The van der Waals surface area contributed by atoms with Crippen LogP contribution >= 0.6 is 11.6 Å². The second-order valence-electron chi connectivity index (χ2n) is 9.09. The molecule has 2 amide bonds. The fourth-order valence-electron chi connectivity index (χ4n) is 4.35. The summed E-state index contributed by atoms with van der Waals surface area (Å²) in [4.78, 5) is 31.5. The molecule has 2 fully saturated rings. The van der Waals surface area contributed by atoms with E-state index in [9.17, 15) is 14.9 Å². The van der Waals surface area contributed by atoms with Crippen LogP contribution < -0.4 is 4.90 Å². The molecule has 0 radical (unpaired) electrons. The number of piperidine rings is 1. The Hall–Kier alpha value is -2.26. The Kier molecular flexibility index (Phi) is 6.92. The van der Waals surface area contributed by atoms with Gasteiger partial charge in [0.05, 0.1) is 11.3 Å². The van der Waals surface area contributed by atoms with E-state index in [0.29, 0.717) is 49.1 Å². The third kappa shape index (κ3) is 4.89. The Morgan fingerprint density at radius 3 is 2.27 bits per heavy atom. The van der Waals surface area contributed by atoms with E-state index in [0.717, 1.165) is 31.6 Å². The van der Waals surface area contributed by atoms with E-state index in [1.165, 1.54) is 0 Å². The zero-order chi connectivity index (χ0) is 21.9. The minimum Gasteiger partial charge on any atom is -0.370 e. The van der Waals surface area contributed by atoms with Crippen LogP contribution in [0.25, 0.3) is 0 Å². The zero-order valence-electron chi connectivity index (χ0n) is 18.2. The van der Waals surface area contributed by atoms with Crippen LogP contribution in [0, 0.1) is 22.7 Å². The van der Waals surface area contributed by atoms with E-state index in [2.05, 4.69) is 31.7 Å². The highest BCUT2D eigenvalue weighted by atomic mass is 35.5. The predicted octanol–water partition coefficient (Wildman–Crippen LogP) is 3.54. The topological polar surface area (TPSA) is 67.7 Å². The molecule has 2 saturated heterocycles. The summed E-state index contributed by atoms with van der Waals surface area (Å²) in [6, 6.07) is 7.60. The molecular formula is C23H31ClN4O2.